The lowest BCUT2D eigenvalue weighted by molar-refractivity contribution is 0.301. The molecule has 0 aliphatic carbocycles. The Morgan fingerprint density at radius 2 is 2.10 bits per heavy atom. The molecule has 0 saturated carbocycles. The number of rotatable bonds is 3. The molecule has 4 nitrogen and oxygen atoms in total. The summed E-state index contributed by atoms with van der Waals surface area (Å²) in [5.74, 6) is 0.578. The van der Waals surface area contributed by atoms with Gasteiger partial charge in [-0.3, -0.25) is 4.68 Å². The summed E-state index contributed by atoms with van der Waals surface area (Å²) in [5.41, 5.74) is 8.37. The highest BCUT2D eigenvalue weighted by Gasteiger charge is 2.12. The van der Waals surface area contributed by atoms with Crippen LogP contribution in [0.2, 0.25) is 5.02 Å². The van der Waals surface area contributed by atoms with Crippen LogP contribution in [-0.4, -0.2) is 9.78 Å². The van der Waals surface area contributed by atoms with Gasteiger partial charge in [-0.2, -0.15) is 5.10 Å². The number of aromatic nitrogens is 2. The van der Waals surface area contributed by atoms with Crippen molar-refractivity contribution in [3.05, 3.63) is 51.6 Å². The standard InChI is InChI=1S/C15H13BrClN3O/c1-20-14-5-3-2-4-10(14)13(19-20)8-21-15-11(16)6-9(17)7-12(15)18/h2-7H,8,18H2,1H3. The van der Waals surface area contributed by atoms with Crippen LogP contribution in [0.5, 0.6) is 5.75 Å². The van der Waals surface area contributed by atoms with Crippen molar-refractivity contribution >= 4 is 44.1 Å². The Morgan fingerprint density at radius 3 is 2.86 bits per heavy atom. The van der Waals surface area contributed by atoms with E-state index in [2.05, 4.69) is 21.0 Å². The molecule has 21 heavy (non-hydrogen) atoms. The number of benzene rings is 2. The molecular formula is C15H13BrClN3O. The smallest absolute Gasteiger partial charge is 0.157 e. The molecule has 0 fully saturated rings. The summed E-state index contributed by atoms with van der Waals surface area (Å²) >= 11 is 9.35. The average Bonchev–Trinajstić information content (AvgIpc) is 2.75. The van der Waals surface area contributed by atoms with Gasteiger partial charge in [0.1, 0.15) is 12.3 Å². The zero-order valence-electron chi connectivity index (χ0n) is 11.3. The second-order valence-electron chi connectivity index (χ2n) is 4.68. The van der Waals surface area contributed by atoms with Crippen LogP contribution in [0.3, 0.4) is 0 Å². The number of fused-ring (bicyclic) bond motifs is 1. The van der Waals surface area contributed by atoms with Crippen molar-refractivity contribution in [1.82, 2.24) is 9.78 Å². The molecule has 0 aliphatic heterocycles. The van der Waals surface area contributed by atoms with Gasteiger partial charge in [-0.25, -0.2) is 0 Å². The molecule has 2 N–H and O–H groups in total. The van der Waals surface area contributed by atoms with Crippen molar-refractivity contribution in [2.24, 2.45) is 7.05 Å². The minimum Gasteiger partial charge on any atom is -0.484 e. The predicted molar refractivity (Wildman–Crippen MR) is 88.6 cm³/mol. The van der Waals surface area contributed by atoms with Gasteiger partial charge in [0.25, 0.3) is 0 Å². The van der Waals surface area contributed by atoms with E-state index in [4.69, 9.17) is 22.1 Å². The number of nitrogens with two attached hydrogens (primary N) is 1. The van der Waals surface area contributed by atoms with E-state index in [1.165, 1.54) is 0 Å². The average molecular weight is 367 g/mol. The second kappa shape index (κ2) is 5.58. The van der Waals surface area contributed by atoms with Gasteiger partial charge >= 0.3 is 0 Å². The summed E-state index contributed by atoms with van der Waals surface area (Å²) in [6, 6.07) is 11.4. The summed E-state index contributed by atoms with van der Waals surface area (Å²) in [6.45, 7) is 0.339. The molecule has 0 amide bonds. The zero-order chi connectivity index (χ0) is 15.0. The molecule has 108 valence electrons. The molecule has 0 saturated heterocycles. The highest BCUT2D eigenvalue weighted by atomic mass is 79.9. The maximum atomic E-state index is 5.94. The van der Waals surface area contributed by atoms with Gasteiger partial charge in [0.15, 0.2) is 5.75 Å². The highest BCUT2D eigenvalue weighted by Crippen LogP contribution is 2.35. The first-order valence-corrected chi connectivity index (χ1v) is 7.51. The van der Waals surface area contributed by atoms with E-state index in [1.807, 2.05) is 36.0 Å². The van der Waals surface area contributed by atoms with Crippen LogP contribution in [0.25, 0.3) is 10.9 Å². The van der Waals surface area contributed by atoms with Crippen LogP contribution in [0.1, 0.15) is 5.69 Å². The fourth-order valence-electron chi connectivity index (χ4n) is 2.27. The summed E-state index contributed by atoms with van der Waals surface area (Å²) in [6.07, 6.45) is 0. The fraction of sp³-hybridized carbons (Fsp3) is 0.133. The Morgan fingerprint density at radius 1 is 1.33 bits per heavy atom. The zero-order valence-corrected chi connectivity index (χ0v) is 13.6. The molecule has 0 aliphatic rings. The van der Waals surface area contributed by atoms with E-state index in [0.717, 1.165) is 21.1 Å². The van der Waals surface area contributed by atoms with Crippen LogP contribution in [0.15, 0.2) is 40.9 Å². The molecule has 3 aromatic rings. The largest absolute Gasteiger partial charge is 0.484 e. The first-order chi connectivity index (χ1) is 10.1. The van der Waals surface area contributed by atoms with Crippen LogP contribution < -0.4 is 10.5 Å². The summed E-state index contributed by atoms with van der Waals surface area (Å²) < 4.78 is 8.39. The predicted octanol–water partition coefficient (Wildman–Crippen LogP) is 4.15. The molecule has 0 atom stereocenters. The third-order valence-electron chi connectivity index (χ3n) is 3.22. The van der Waals surface area contributed by atoms with Crippen LogP contribution in [-0.2, 0) is 13.7 Å². The van der Waals surface area contributed by atoms with Crippen molar-refractivity contribution in [1.29, 1.82) is 0 Å². The number of aryl methyl sites for hydroxylation is 1. The molecule has 0 unspecified atom stereocenters. The number of para-hydroxylation sites is 1. The Kier molecular flexibility index (Phi) is 3.78. The lowest BCUT2D eigenvalue weighted by atomic mass is 10.2. The number of nitrogens with zero attached hydrogens (tertiary/aromatic N) is 2. The molecule has 0 spiro atoms. The van der Waals surface area contributed by atoms with Gasteiger partial charge < -0.3 is 10.5 Å². The van der Waals surface area contributed by atoms with Crippen molar-refractivity contribution < 1.29 is 4.74 Å². The molecule has 0 radical (unpaired) electrons. The lowest BCUT2D eigenvalue weighted by Crippen LogP contribution is -2.01. The fourth-order valence-corrected chi connectivity index (χ4v) is 3.22. The summed E-state index contributed by atoms with van der Waals surface area (Å²) in [4.78, 5) is 0. The van der Waals surface area contributed by atoms with Gasteiger partial charge in [0.05, 0.1) is 15.7 Å². The van der Waals surface area contributed by atoms with Crippen molar-refractivity contribution in [3.63, 3.8) is 0 Å². The minimum absolute atomic E-state index is 0.339. The van der Waals surface area contributed by atoms with Crippen molar-refractivity contribution in [2.75, 3.05) is 5.73 Å². The third-order valence-corrected chi connectivity index (χ3v) is 4.03. The Labute approximate surface area is 135 Å². The first-order valence-electron chi connectivity index (χ1n) is 6.34. The van der Waals surface area contributed by atoms with Gasteiger partial charge in [0.2, 0.25) is 0 Å². The molecule has 1 heterocycles. The van der Waals surface area contributed by atoms with Gasteiger partial charge in [-0.15, -0.1) is 0 Å². The van der Waals surface area contributed by atoms with Crippen molar-refractivity contribution in [2.45, 2.75) is 6.61 Å². The van der Waals surface area contributed by atoms with E-state index >= 15 is 0 Å². The summed E-state index contributed by atoms with van der Waals surface area (Å²) in [7, 11) is 1.92. The number of ether oxygens (including phenoxy) is 1. The maximum Gasteiger partial charge on any atom is 0.157 e. The molecule has 3 rings (SSSR count). The van der Waals surface area contributed by atoms with Crippen LogP contribution >= 0.6 is 27.5 Å². The van der Waals surface area contributed by atoms with Crippen LogP contribution in [0, 0.1) is 0 Å². The highest BCUT2D eigenvalue weighted by molar-refractivity contribution is 9.10. The Hall–Kier alpha value is -1.72. The molecular weight excluding hydrogens is 354 g/mol. The Balaban J connectivity index is 1.91. The first kappa shape index (κ1) is 14.2. The second-order valence-corrected chi connectivity index (χ2v) is 5.97. The topological polar surface area (TPSA) is 53.1 Å². The van der Waals surface area contributed by atoms with E-state index in [-0.39, 0.29) is 0 Å². The number of hydrogen-bond acceptors (Lipinski definition) is 3. The molecule has 6 heteroatoms. The van der Waals surface area contributed by atoms with Crippen LogP contribution in [0.4, 0.5) is 5.69 Å². The van der Waals surface area contributed by atoms with Gasteiger partial charge in [0, 0.05) is 17.5 Å². The SMILES string of the molecule is Cn1nc(COc2c(N)cc(Cl)cc2Br)c2ccccc21. The quantitative estimate of drug-likeness (QED) is 0.708. The minimum atomic E-state index is 0.339. The van der Waals surface area contributed by atoms with E-state index in [1.54, 1.807) is 12.1 Å². The number of halogens is 2. The molecule has 0 bridgehead atoms. The normalized spacial score (nSPS) is 11.0. The Bertz CT molecular complexity index is 793. The number of anilines is 1. The van der Waals surface area contributed by atoms with E-state index < -0.39 is 0 Å². The van der Waals surface area contributed by atoms with E-state index in [9.17, 15) is 0 Å². The number of hydrogen-bond donors (Lipinski definition) is 1. The third kappa shape index (κ3) is 2.71. The van der Waals surface area contributed by atoms with E-state index in [0.29, 0.717) is 23.1 Å². The maximum absolute atomic E-state index is 5.94. The number of nitrogen functional groups attached to an aromatic ring is 1. The van der Waals surface area contributed by atoms with Gasteiger partial charge in [-0.05, 0) is 34.1 Å². The van der Waals surface area contributed by atoms with Crippen molar-refractivity contribution in [3.8, 4) is 5.75 Å². The van der Waals surface area contributed by atoms with Gasteiger partial charge in [-0.1, -0.05) is 29.8 Å². The molecule has 2 aromatic carbocycles. The summed E-state index contributed by atoms with van der Waals surface area (Å²) in [5, 5.41) is 6.13. The molecule has 1 aromatic heterocycles. The lowest BCUT2D eigenvalue weighted by Gasteiger charge is -2.10. The monoisotopic (exact) mass is 365 g/mol.